The van der Waals surface area contributed by atoms with Crippen LogP contribution in [0.25, 0.3) is 0 Å². The van der Waals surface area contributed by atoms with Crippen molar-refractivity contribution in [1.82, 2.24) is 0 Å². The Bertz CT molecular complexity index is 904. The summed E-state index contributed by atoms with van der Waals surface area (Å²) in [6.45, 7) is 4.29. The molecule has 29 heavy (non-hydrogen) atoms. The second-order valence-corrected chi connectivity index (χ2v) is 9.99. The van der Waals surface area contributed by atoms with E-state index in [1.807, 2.05) is 0 Å². The normalized spacial score (nSPS) is 11.4. The minimum Gasteiger partial charge on any atom is -0.0590 e. The standard InChI is InChI=1S/C27H22I2/c1-19-3-7-21(8-4-19)27(22-9-5-20(2)6-10-22,23-11-15-25(28)16-12-23)24-13-17-26(29)18-14-24/h3-18H,1-2H3. The lowest BCUT2D eigenvalue weighted by atomic mass is 9.65. The van der Waals surface area contributed by atoms with Crippen molar-refractivity contribution in [2.24, 2.45) is 0 Å². The summed E-state index contributed by atoms with van der Waals surface area (Å²) in [5.74, 6) is 0. The zero-order chi connectivity index (χ0) is 20.4. The summed E-state index contributed by atoms with van der Waals surface area (Å²) in [5, 5.41) is 0. The van der Waals surface area contributed by atoms with Crippen LogP contribution in [0.4, 0.5) is 0 Å². The number of halogens is 2. The number of hydrogen-bond acceptors (Lipinski definition) is 0. The second kappa shape index (κ2) is 8.60. The van der Waals surface area contributed by atoms with Crippen molar-refractivity contribution in [2.75, 3.05) is 0 Å². The van der Waals surface area contributed by atoms with E-state index in [9.17, 15) is 0 Å². The van der Waals surface area contributed by atoms with Crippen LogP contribution in [-0.2, 0) is 5.41 Å². The molecular formula is C27H22I2. The van der Waals surface area contributed by atoms with Crippen LogP contribution in [0.15, 0.2) is 97.1 Å². The highest BCUT2D eigenvalue weighted by Crippen LogP contribution is 2.45. The molecule has 0 saturated heterocycles. The SMILES string of the molecule is Cc1ccc(C(c2ccc(C)cc2)(c2ccc(I)cc2)c2ccc(I)cc2)cc1. The van der Waals surface area contributed by atoms with E-state index in [2.05, 4.69) is 156 Å². The highest BCUT2D eigenvalue weighted by atomic mass is 127. The minimum absolute atomic E-state index is 0.365. The Balaban J connectivity index is 2.11. The first-order chi connectivity index (χ1) is 14.0. The van der Waals surface area contributed by atoms with Crippen LogP contribution in [-0.4, -0.2) is 0 Å². The Kier molecular flexibility index (Phi) is 6.11. The van der Waals surface area contributed by atoms with E-state index in [0.717, 1.165) is 0 Å². The molecule has 0 heterocycles. The smallest absolute Gasteiger partial charge is 0.0590 e. The molecule has 0 nitrogen and oxygen atoms in total. The molecule has 4 rings (SSSR count). The molecule has 2 heteroatoms. The van der Waals surface area contributed by atoms with Gasteiger partial charge in [0.2, 0.25) is 0 Å². The van der Waals surface area contributed by atoms with Crippen molar-refractivity contribution >= 4 is 45.2 Å². The van der Waals surface area contributed by atoms with Gasteiger partial charge in [0.05, 0.1) is 5.41 Å². The Morgan fingerprint density at radius 3 is 0.931 bits per heavy atom. The van der Waals surface area contributed by atoms with E-state index in [1.54, 1.807) is 0 Å². The van der Waals surface area contributed by atoms with Crippen LogP contribution in [0.1, 0.15) is 33.4 Å². The van der Waals surface area contributed by atoms with Gasteiger partial charge in [-0.2, -0.15) is 0 Å². The van der Waals surface area contributed by atoms with Gasteiger partial charge in [-0.3, -0.25) is 0 Å². The van der Waals surface area contributed by atoms with Crippen molar-refractivity contribution in [3.8, 4) is 0 Å². The van der Waals surface area contributed by atoms with Gasteiger partial charge in [-0.15, -0.1) is 0 Å². The van der Waals surface area contributed by atoms with Gasteiger partial charge in [0, 0.05) is 7.14 Å². The van der Waals surface area contributed by atoms with Crippen LogP contribution in [0.2, 0.25) is 0 Å². The summed E-state index contributed by atoms with van der Waals surface area (Å²) in [6, 6.07) is 36.0. The third-order valence-corrected chi connectivity index (χ3v) is 6.96. The largest absolute Gasteiger partial charge is 0.0701 e. The first kappa shape index (κ1) is 20.6. The quantitative estimate of drug-likeness (QED) is 0.165. The number of aryl methyl sites for hydroxylation is 2. The molecule has 0 spiro atoms. The van der Waals surface area contributed by atoms with Crippen molar-refractivity contribution in [2.45, 2.75) is 19.3 Å². The van der Waals surface area contributed by atoms with E-state index in [-0.39, 0.29) is 5.41 Å². The monoisotopic (exact) mass is 600 g/mol. The first-order valence-corrected chi connectivity index (χ1v) is 11.8. The third kappa shape index (κ3) is 4.02. The number of hydrogen-bond donors (Lipinski definition) is 0. The Morgan fingerprint density at radius 2 is 0.655 bits per heavy atom. The van der Waals surface area contributed by atoms with Crippen LogP contribution in [0.5, 0.6) is 0 Å². The highest BCUT2D eigenvalue weighted by Gasteiger charge is 2.38. The predicted octanol–water partition coefficient (Wildman–Crippen LogP) is 7.90. The topological polar surface area (TPSA) is 0 Å². The minimum atomic E-state index is -0.365. The fourth-order valence-corrected chi connectivity index (χ4v) is 4.73. The molecule has 0 amide bonds. The molecule has 0 aliphatic heterocycles. The second-order valence-electron chi connectivity index (χ2n) is 7.50. The lowest BCUT2D eigenvalue weighted by molar-refractivity contribution is 0.744. The van der Waals surface area contributed by atoms with E-state index in [0.29, 0.717) is 0 Å². The van der Waals surface area contributed by atoms with Gasteiger partial charge in [-0.25, -0.2) is 0 Å². The van der Waals surface area contributed by atoms with Gasteiger partial charge in [0.1, 0.15) is 0 Å². The van der Waals surface area contributed by atoms with Crippen LogP contribution in [0.3, 0.4) is 0 Å². The Hall–Kier alpha value is -1.66. The maximum Gasteiger partial charge on any atom is 0.0701 e. The highest BCUT2D eigenvalue weighted by molar-refractivity contribution is 14.1. The molecule has 0 radical (unpaired) electrons. The molecule has 0 aliphatic rings. The molecule has 0 aliphatic carbocycles. The molecule has 4 aromatic carbocycles. The lowest BCUT2D eigenvalue weighted by Crippen LogP contribution is -2.31. The number of benzene rings is 4. The maximum absolute atomic E-state index is 2.38. The average Bonchev–Trinajstić information content (AvgIpc) is 2.73. The molecule has 0 saturated carbocycles. The van der Waals surface area contributed by atoms with Crippen LogP contribution in [0, 0.1) is 21.0 Å². The molecule has 4 aromatic rings. The molecule has 0 atom stereocenters. The average molecular weight is 600 g/mol. The van der Waals surface area contributed by atoms with Gasteiger partial charge in [0.25, 0.3) is 0 Å². The van der Waals surface area contributed by atoms with Crippen molar-refractivity contribution in [3.05, 3.63) is 138 Å². The summed E-state index contributed by atoms with van der Waals surface area (Å²) in [7, 11) is 0. The van der Waals surface area contributed by atoms with Crippen molar-refractivity contribution in [1.29, 1.82) is 0 Å². The van der Waals surface area contributed by atoms with Crippen LogP contribution >= 0.6 is 45.2 Å². The lowest BCUT2D eigenvalue weighted by Gasteiger charge is -2.37. The van der Waals surface area contributed by atoms with Gasteiger partial charge in [-0.1, -0.05) is 83.9 Å². The van der Waals surface area contributed by atoms with Gasteiger partial charge < -0.3 is 0 Å². The van der Waals surface area contributed by atoms with Crippen LogP contribution < -0.4 is 0 Å². The fourth-order valence-electron chi connectivity index (χ4n) is 4.01. The predicted molar refractivity (Wildman–Crippen MR) is 140 cm³/mol. The van der Waals surface area contributed by atoms with E-state index in [4.69, 9.17) is 0 Å². The van der Waals surface area contributed by atoms with E-state index < -0.39 is 0 Å². The molecule has 0 aromatic heterocycles. The van der Waals surface area contributed by atoms with Crippen molar-refractivity contribution < 1.29 is 0 Å². The van der Waals surface area contributed by atoms with Gasteiger partial charge in [-0.05, 0) is 106 Å². The Labute approximate surface area is 200 Å². The maximum atomic E-state index is 2.38. The summed E-state index contributed by atoms with van der Waals surface area (Å²) >= 11 is 4.76. The van der Waals surface area contributed by atoms with Gasteiger partial charge in [0.15, 0.2) is 0 Å². The Morgan fingerprint density at radius 1 is 0.414 bits per heavy atom. The zero-order valence-electron chi connectivity index (χ0n) is 16.5. The molecule has 144 valence electrons. The number of rotatable bonds is 4. The fraction of sp³-hybridized carbons (Fsp3) is 0.111. The summed E-state index contributed by atoms with van der Waals surface area (Å²) in [4.78, 5) is 0. The van der Waals surface area contributed by atoms with Crippen molar-refractivity contribution in [3.63, 3.8) is 0 Å². The van der Waals surface area contributed by atoms with E-state index >= 15 is 0 Å². The third-order valence-electron chi connectivity index (χ3n) is 5.52. The van der Waals surface area contributed by atoms with E-state index in [1.165, 1.54) is 40.5 Å². The molecule has 0 fully saturated rings. The first-order valence-electron chi connectivity index (χ1n) is 9.66. The zero-order valence-corrected chi connectivity index (χ0v) is 20.8. The molecular weight excluding hydrogens is 578 g/mol. The van der Waals surface area contributed by atoms with Gasteiger partial charge >= 0.3 is 0 Å². The summed E-state index contributed by atoms with van der Waals surface area (Å²) in [5.41, 5.74) is 7.33. The molecule has 0 bridgehead atoms. The molecule has 0 unspecified atom stereocenters. The molecule has 0 N–H and O–H groups in total. The summed E-state index contributed by atoms with van der Waals surface area (Å²) < 4.78 is 2.49. The summed E-state index contributed by atoms with van der Waals surface area (Å²) in [6.07, 6.45) is 0.